The molecule has 0 aliphatic heterocycles. The van der Waals surface area contributed by atoms with Gasteiger partial charge < -0.3 is 9.47 Å². The molecule has 2 aromatic carbocycles. The van der Waals surface area contributed by atoms with Crippen molar-refractivity contribution in [3.05, 3.63) is 65.4 Å². The van der Waals surface area contributed by atoms with Crippen molar-refractivity contribution in [2.45, 2.75) is 13.8 Å². The number of ether oxygens (including phenoxy) is 2. The highest BCUT2D eigenvalue weighted by atomic mass is 16.5. The molecule has 0 fully saturated rings. The standard InChI is InChI=1S/C20H19NO4/c1-13-8-9-18(14(2)10-13)25-12-19(22)21-11-16(20(23)24-3)15-6-4-5-7-17(15)21/h4-11H,12H2,1-3H3. The maximum absolute atomic E-state index is 12.6. The Hall–Kier alpha value is -3.08. The number of esters is 1. The first kappa shape index (κ1) is 16.8. The SMILES string of the molecule is COC(=O)c1cn(C(=O)COc2ccc(C)cc2C)c2ccccc12. The number of fused-ring (bicyclic) bond motifs is 1. The van der Waals surface area contributed by atoms with Crippen molar-refractivity contribution < 1.29 is 19.1 Å². The van der Waals surface area contributed by atoms with Crippen LogP contribution in [0.3, 0.4) is 0 Å². The third-order valence-electron chi connectivity index (χ3n) is 4.07. The van der Waals surface area contributed by atoms with Gasteiger partial charge in [-0.2, -0.15) is 0 Å². The van der Waals surface area contributed by atoms with E-state index in [-0.39, 0.29) is 12.5 Å². The van der Waals surface area contributed by atoms with E-state index in [2.05, 4.69) is 0 Å². The van der Waals surface area contributed by atoms with Crippen LogP contribution in [0.4, 0.5) is 0 Å². The van der Waals surface area contributed by atoms with Gasteiger partial charge in [-0.1, -0.05) is 35.9 Å². The number of hydrogen-bond donors (Lipinski definition) is 0. The summed E-state index contributed by atoms with van der Waals surface area (Å²) in [6.07, 6.45) is 1.50. The predicted molar refractivity (Wildman–Crippen MR) is 95.3 cm³/mol. The van der Waals surface area contributed by atoms with Crippen molar-refractivity contribution in [2.24, 2.45) is 0 Å². The van der Waals surface area contributed by atoms with Gasteiger partial charge in [-0.05, 0) is 31.5 Å². The first-order chi connectivity index (χ1) is 12.0. The number of carbonyl (C=O) groups is 2. The van der Waals surface area contributed by atoms with E-state index in [1.54, 1.807) is 12.1 Å². The summed E-state index contributed by atoms with van der Waals surface area (Å²) in [6, 6.07) is 13.0. The Bertz CT molecular complexity index is 955. The quantitative estimate of drug-likeness (QED) is 0.680. The molecule has 0 saturated heterocycles. The molecule has 0 radical (unpaired) electrons. The Labute approximate surface area is 145 Å². The second-order valence-electron chi connectivity index (χ2n) is 5.87. The average molecular weight is 337 g/mol. The number of hydrogen-bond acceptors (Lipinski definition) is 4. The molecule has 128 valence electrons. The van der Waals surface area contributed by atoms with Gasteiger partial charge in [0.05, 0.1) is 18.2 Å². The number of methoxy groups -OCH3 is 1. The number of carbonyl (C=O) groups excluding carboxylic acids is 2. The van der Waals surface area contributed by atoms with E-state index >= 15 is 0 Å². The molecule has 0 N–H and O–H groups in total. The van der Waals surface area contributed by atoms with Gasteiger partial charge in [0.15, 0.2) is 6.61 Å². The predicted octanol–water partition coefficient (Wildman–Crippen LogP) is 3.76. The van der Waals surface area contributed by atoms with Crippen molar-refractivity contribution >= 4 is 22.8 Å². The second kappa shape index (κ2) is 6.81. The fourth-order valence-corrected chi connectivity index (χ4v) is 2.83. The van der Waals surface area contributed by atoms with Crippen LogP contribution in [0.25, 0.3) is 10.9 Å². The number of nitrogens with zero attached hydrogens (tertiary/aromatic N) is 1. The molecule has 3 rings (SSSR count). The maximum atomic E-state index is 12.6. The van der Waals surface area contributed by atoms with E-state index in [1.807, 2.05) is 44.2 Å². The number of para-hydroxylation sites is 1. The molecule has 5 nitrogen and oxygen atoms in total. The first-order valence-electron chi connectivity index (χ1n) is 7.93. The molecule has 3 aromatic rings. The topological polar surface area (TPSA) is 57.5 Å². The third-order valence-corrected chi connectivity index (χ3v) is 4.07. The molecule has 0 bridgehead atoms. The summed E-state index contributed by atoms with van der Waals surface area (Å²) in [6.45, 7) is 3.82. The van der Waals surface area contributed by atoms with E-state index in [0.717, 1.165) is 11.1 Å². The van der Waals surface area contributed by atoms with E-state index in [9.17, 15) is 9.59 Å². The van der Waals surface area contributed by atoms with Gasteiger partial charge in [-0.3, -0.25) is 9.36 Å². The minimum Gasteiger partial charge on any atom is -0.483 e. The number of rotatable bonds is 4. The van der Waals surface area contributed by atoms with Crippen LogP contribution in [-0.2, 0) is 4.74 Å². The number of benzene rings is 2. The molecular formula is C20H19NO4. The van der Waals surface area contributed by atoms with Gasteiger partial charge in [0, 0.05) is 11.6 Å². The largest absolute Gasteiger partial charge is 0.483 e. The molecule has 5 heteroatoms. The number of aromatic nitrogens is 1. The highest BCUT2D eigenvalue weighted by molar-refractivity contribution is 6.07. The zero-order valence-electron chi connectivity index (χ0n) is 14.4. The summed E-state index contributed by atoms with van der Waals surface area (Å²) >= 11 is 0. The average Bonchev–Trinajstić information content (AvgIpc) is 3.00. The summed E-state index contributed by atoms with van der Waals surface area (Å²) in [5.41, 5.74) is 3.12. The molecule has 0 unspecified atom stereocenters. The molecule has 0 aliphatic carbocycles. The third kappa shape index (κ3) is 3.26. The van der Waals surface area contributed by atoms with Crippen molar-refractivity contribution in [2.75, 3.05) is 13.7 Å². The van der Waals surface area contributed by atoms with Gasteiger partial charge in [0.1, 0.15) is 5.75 Å². The molecule has 0 atom stereocenters. The fourth-order valence-electron chi connectivity index (χ4n) is 2.83. The normalized spacial score (nSPS) is 10.7. The van der Waals surface area contributed by atoms with Gasteiger partial charge in [-0.25, -0.2) is 4.79 Å². The van der Waals surface area contributed by atoms with Crippen molar-refractivity contribution in [3.63, 3.8) is 0 Å². The second-order valence-corrected chi connectivity index (χ2v) is 5.87. The fraction of sp³-hybridized carbons (Fsp3) is 0.200. The highest BCUT2D eigenvalue weighted by Gasteiger charge is 2.18. The monoisotopic (exact) mass is 337 g/mol. The molecule has 1 heterocycles. The number of aryl methyl sites for hydroxylation is 2. The molecule has 0 aliphatic rings. The molecular weight excluding hydrogens is 318 g/mol. The lowest BCUT2D eigenvalue weighted by Gasteiger charge is -2.10. The van der Waals surface area contributed by atoms with Crippen molar-refractivity contribution in [1.82, 2.24) is 4.57 Å². The van der Waals surface area contributed by atoms with Crippen LogP contribution in [0, 0.1) is 13.8 Å². The summed E-state index contributed by atoms with van der Waals surface area (Å²) in [4.78, 5) is 24.6. The van der Waals surface area contributed by atoms with Crippen LogP contribution >= 0.6 is 0 Å². The van der Waals surface area contributed by atoms with Crippen molar-refractivity contribution in [3.8, 4) is 5.75 Å². The summed E-state index contributed by atoms with van der Waals surface area (Å²) < 4.78 is 11.9. The molecule has 1 aromatic heterocycles. The Morgan fingerprint density at radius 2 is 1.84 bits per heavy atom. The minimum absolute atomic E-state index is 0.122. The lowest BCUT2D eigenvalue weighted by atomic mass is 10.1. The van der Waals surface area contributed by atoms with Gasteiger partial charge in [0.25, 0.3) is 5.91 Å². The smallest absolute Gasteiger partial charge is 0.340 e. The Morgan fingerprint density at radius 3 is 2.56 bits per heavy atom. The minimum atomic E-state index is -0.474. The first-order valence-corrected chi connectivity index (χ1v) is 7.93. The van der Waals surface area contributed by atoms with Crippen LogP contribution in [0.2, 0.25) is 0 Å². The van der Waals surface area contributed by atoms with Crippen LogP contribution in [0.5, 0.6) is 5.75 Å². The lowest BCUT2D eigenvalue weighted by molar-refractivity contribution is 0.0603. The highest BCUT2D eigenvalue weighted by Crippen LogP contribution is 2.23. The molecule has 0 spiro atoms. The maximum Gasteiger partial charge on any atom is 0.340 e. The molecule has 0 saturated carbocycles. The summed E-state index contributed by atoms with van der Waals surface area (Å²) in [5.74, 6) is -0.0621. The molecule has 0 amide bonds. The van der Waals surface area contributed by atoms with Gasteiger partial charge >= 0.3 is 5.97 Å². The van der Waals surface area contributed by atoms with E-state index in [0.29, 0.717) is 22.2 Å². The van der Waals surface area contributed by atoms with Gasteiger partial charge in [0.2, 0.25) is 0 Å². The summed E-state index contributed by atoms with van der Waals surface area (Å²) in [7, 11) is 1.32. The van der Waals surface area contributed by atoms with Crippen LogP contribution in [-0.4, -0.2) is 30.2 Å². The van der Waals surface area contributed by atoms with Crippen LogP contribution in [0.15, 0.2) is 48.7 Å². The Balaban J connectivity index is 1.88. The van der Waals surface area contributed by atoms with E-state index in [1.165, 1.54) is 17.9 Å². The van der Waals surface area contributed by atoms with E-state index in [4.69, 9.17) is 9.47 Å². The lowest BCUT2D eigenvalue weighted by Crippen LogP contribution is -2.18. The zero-order chi connectivity index (χ0) is 18.0. The molecule has 25 heavy (non-hydrogen) atoms. The summed E-state index contributed by atoms with van der Waals surface area (Å²) in [5, 5.41) is 0.675. The van der Waals surface area contributed by atoms with Gasteiger partial charge in [-0.15, -0.1) is 0 Å². The Morgan fingerprint density at radius 1 is 1.08 bits per heavy atom. The van der Waals surface area contributed by atoms with Crippen molar-refractivity contribution in [1.29, 1.82) is 0 Å². The Kier molecular flexibility index (Phi) is 4.57. The van der Waals surface area contributed by atoms with Crippen LogP contribution < -0.4 is 4.74 Å². The van der Waals surface area contributed by atoms with Crippen LogP contribution in [0.1, 0.15) is 26.3 Å². The van der Waals surface area contributed by atoms with E-state index < -0.39 is 5.97 Å². The zero-order valence-corrected chi connectivity index (χ0v) is 14.4.